The number of halogens is 2. The fourth-order valence-corrected chi connectivity index (χ4v) is 6.92. The monoisotopic (exact) mass is 490 g/mol. The van der Waals surface area contributed by atoms with Gasteiger partial charge in [0.15, 0.2) is 0 Å². The predicted octanol–water partition coefficient (Wildman–Crippen LogP) is 3.78. The SMILES string of the molecule is CCOC(=O)C1(NC(=O)C2CCN(S(=O)(=O)c3c(Cl)cccc3Cl)CC2)CCCCC1. The highest BCUT2D eigenvalue weighted by molar-refractivity contribution is 7.89. The summed E-state index contributed by atoms with van der Waals surface area (Å²) >= 11 is 12.2. The molecular formula is C21H28Cl2N2O5S. The average molecular weight is 491 g/mol. The van der Waals surface area contributed by atoms with Crippen LogP contribution in [0.15, 0.2) is 23.1 Å². The Morgan fingerprint density at radius 1 is 1.13 bits per heavy atom. The topological polar surface area (TPSA) is 92.8 Å². The first-order valence-electron chi connectivity index (χ1n) is 10.6. The van der Waals surface area contributed by atoms with Crippen LogP contribution in [-0.2, 0) is 24.3 Å². The maximum Gasteiger partial charge on any atom is 0.331 e. The molecule has 7 nitrogen and oxygen atoms in total. The molecule has 0 radical (unpaired) electrons. The van der Waals surface area contributed by atoms with Crippen LogP contribution in [0.2, 0.25) is 10.0 Å². The van der Waals surface area contributed by atoms with E-state index >= 15 is 0 Å². The zero-order chi connectivity index (χ0) is 22.6. The van der Waals surface area contributed by atoms with Crippen LogP contribution in [0.1, 0.15) is 51.9 Å². The van der Waals surface area contributed by atoms with Crippen molar-refractivity contribution in [3.8, 4) is 0 Å². The number of ether oxygens (including phenoxy) is 1. The molecule has 1 amide bonds. The Hall–Kier alpha value is -1.35. The van der Waals surface area contributed by atoms with Gasteiger partial charge in [0.2, 0.25) is 15.9 Å². The summed E-state index contributed by atoms with van der Waals surface area (Å²) in [4.78, 5) is 25.5. The van der Waals surface area contributed by atoms with E-state index in [0.717, 1.165) is 19.3 Å². The van der Waals surface area contributed by atoms with Gasteiger partial charge in [0.25, 0.3) is 0 Å². The lowest BCUT2D eigenvalue weighted by Gasteiger charge is -2.38. The third-order valence-corrected chi connectivity index (χ3v) is 8.93. The highest BCUT2D eigenvalue weighted by Gasteiger charge is 2.44. The van der Waals surface area contributed by atoms with E-state index in [0.29, 0.717) is 25.7 Å². The molecule has 1 saturated carbocycles. The summed E-state index contributed by atoms with van der Waals surface area (Å²) in [7, 11) is -3.87. The first-order chi connectivity index (χ1) is 14.7. The highest BCUT2D eigenvalue weighted by atomic mass is 35.5. The number of benzene rings is 1. The van der Waals surface area contributed by atoms with Gasteiger partial charge in [-0.3, -0.25) is 4.79 Å². The molecule has 2 fully saturated rings. The van der Waals surface area contributed by atoms with E-state index in [1.165, 1.54) is 16.4 Å². The van der Waals surface area contributed by atoms with E-state index < -0.39 is 15.6 Å². The molecule has 1 N–H and O–H groups in total. The summed E-state index contributed by atoms with van der Waals surface area (Å²) in [6.45, 7) is 2.36. The smallest absolute Gasteiger partial charge is 0.331 e. The minimum atomic E-state index is -3.87. The molecule has 1 aliphatic heterocycles. The van der Waals surface area contributed by atoms with Gasteiger partial charge in [0.05, 0.1) is 16.7 Å². The zero-order valence-corrected chi connectivity index (χ0v) is 19.9. The van der Waals surface area contributed by atoms with Gasteiger partial charge in [0, 0.05) is 19.0 Å². The number of hydrogen-bond acceptors (Lipinski definition) is 5. The van der Waals surface area contributed by atoms with E-state index in [-0.39, 0.29) is 52.4 Å². The van der Waals surface area contributed by atoms with Crippen LogP contribution < -0.4 is 5.32 Å². The Labute approximate surface area is 193 Å². The number of esters is 1. The summed E-state index contributed by atoms with van der Waals surface area (Å²) in [6.07, 6.45) is 4.57. The maximum absolute atomic E-state index is 13.0. The van der Waals surface area contributed by atoms with E-state index in [4.69, 9.17) is 27.9 Å². The lowest BCUT2D eigenvalue weighted by Crippen LogP contribution is -2.58. The van der Waals surface area contributed by atoms with Crippen molar-refractivity contribution in [2.45, 2.75) is 62.3 Å². The summed E-state index contributed by atoms with van der Waals surface area (Å²) in [5.41, 5.74) is -0.973. The van der Waals surface area contributed by atoms with E-state index in [9.17, 15) is 18.0 Å². The van der Waals surface area contributed by atoms with Crippen molar-refractivity contribution in [3.63, 3.8) is 0 Å². The molecule has 0 spiro atoms. The van der Waals surface area contributed by atoms with Gasteiger partial charge >= 0.3 is 5.97 Å². The fourth-order valence-electron chi connectivity index (χ4n) is 4.36. The van der Waals surface area contributed by atoms with Crippen molar-refractivity contribution in [2.24, 2.45) is 5.92 Å². The molecule has 1 aromatic carbocycles. The minimum absolute atomic E-state index is 0.0704. The van der Waals surface area contributed by atoms with Crippen molar-refractivity contribution in [1.82, 2.24) is 9.62 Å². The number of hydrogen-bond donors (Lipinski definition) is 1. The molecule has 1 heterocycles. The Kier molecular flexibility index (Phi) is 7.89. The Bertz CT molecular complexity index is 903. The largest absolute Gasteiger partial charge is 0.464 e. The Balaban J connectivity index is 1.67. The number of amides is 1. The second kappa shape index (κ2) is 10.1. The summed E-state index contributed by atoms with van der Waals surface area (Å²) in [6, 6.07) is 4.56. The van der Waals surface area contributed by atoms with Crippen LogP contribution in [-0.4, -0.2) is 49.8 Å². The summed E-state index contributed by atoms with van der Waals surface area (Å²) in [5, 5.41) is 3.11. The molecule has 1 aromatic rings. The average Bonchev–Trinajstić information content (AvgIpc) is 2.74. The number of nitrogens with zero attached hydrogens (tertiary/aromatic N) is 1. The quantitative estimate of drug-likeness (QED) is 0.612. The first kappa shape index (κ1) is 24.3. The van der Waals surface area contributed by atoms with E-state index in [1.54, 1.807) is 13.0 Å². The number of carbonyl (C=O) groups is 2. The zero-order valence-electron chi connectivity index (χ0n) is 17.5. The third-order valence-electron chi connectivity index (χ3n) is 6.08. The molecular weight excluding hydrogens is 463 g/mol. The third kappa shape index (κ3) is 5.18. The lowest BCUT2D eigenvalue weighted by atomic mass is 9.81. The van der Waals surface area contributed by atoms with Crippen molar-refractivity contribution < 1.29 is 22.7 Å². The molecule has 10 heteroatoms. The van der Waals surface area contributed by atoms with E-state index in [2.05, 4.69) is 5.32 Å². The molecule has 172 valence electrons. The van der Waals surface area contributed by atoms with Crippen LogP contribution in [0.3, 0.4) is 0 Å². The van der Waals surface area contributed by atoms with Gasteiger partial charge in [-0.05, 0) is 44.7 Å². The first-order valence-corrected chi connectivity index (χ1v) is 12.8. The van der Waals surface area contributed by atoms with Crippen LogP contribution in [0.4, 0.5) is 0 Å². The molecule has 1 aliphatic carbocycles. The lowest BCUT2D eigenvalue weighted by molar-refractivity contribution is -0.155. The maximum atomic E-state index is 13.0. The van der Waals surface area contributed by atoms with Crippen molar-refractivity contribution in [3.05, 3.63) is 28.2 Å². The van der Waals surface area contributed by atoms with Crippen LogP contribution in [0.25, 0.3) is 0 Å². The molecule has 0 unspecified atom stereocenters. The summed E-state index contributed by atoms with van der Waals surface area (Å²) < 4.78 is 32.6. The van der Waals surface area contributed by atoms with Gasteiger partial charge in [0.1, 0.15) is 10.4 Å². The second-order valence-corrected chi connectivity index (χ2v) is 10.8. The highest BCUT2D eigenvalue weighted by Crippen LogP contribution is 2.34. The fraction of sp³-hybridized carbons (Fsp3) is 0.619. The molecule has 2 aliphatic rings. The van der Waals surface area contributed by atoms with Gasteiger partial charge in [-0.15, -0.1) is 0 Å². The van der Waals surface area contributed by atoms with Gasteiger partial charge < -0.3 is 10.1 Å². The van der Waals surface area contributed by atoms with E-state index in [1.807, 2.05) is 0 Å². The number of sulfonamides is 1. The molecule has 3 rings (SSSR count). The van der Waals surface area contributed by atoms with Crippen molar-refractivity contribution >= 4 is 45.1 Å². The van der Waals surface area contributed by atoms with Crippen molar-refractivity contribution in [1.29, 1.82) is 0 Å². The van der Waals surface area contributed by atoms with Gasteiger partial charge in [-0.1, -0.05) is 48.5 Å². The molecule has 0 bridgehead atoms. The van der Waals surface area contributed by atoms with Gasteiger partial charge in [-0.2, -0.15) is 4.31 Å². The molecule has 0 atom stereocenters. The normalized spacial score (nSPS) is 20.2. The number of piperidine rings is 1. The second-order valence-electron chi connectivity index (χ2n) is 8.08. The summed E-state index contributed by atoms with van der Waals surface area (Å²) in [5.74, 6) is -0.972. The van der Waals surface area contributed by atoms with Crippen LogP contribution in [0, 0.1) is 5.92 Å². The molecule has 1 saturated heterocycles. The molecule has 31 heavy (non-hydrogen) atoms. The number of nitrogens with one attached hydrogen (secondary N) is 1. The molecule has 0 aromatic heterocycles. The van der Waals surface area contributed by atoms with Crippen LogP contribution in [0.5, 0.6) is 0 Å². The Morgan fingerprint density at radius 3 is 2.26 bits per heavy atom. The van der Waals surface area contributed by atoms with Gasteiger partial charge in [-0.25, -0.2) is 13.2 Å². The number of rotatable bonds is 6. The standard InChI is InChI=1S/C21H28Cl2N2O5S/c1-2-30-20(27)21(11-4-3-5-12-21)24-19(26)15-9-13-25(14-10-15)31(28,29)18-16(22)7-6-8-17(18)23/h6-8,15H,2-5,9-14H2,1H3,(H,24,26). The van der Waals surface area contributed by atoms with Crippen molar-refractivity contribution in [2.75, 3.05) is 19.7 Å². The minimum Gasteiger partial charge on any atom is -0.464 e. The Morgan fingerprint density at radius 2 is 1.71 bits per heavy atom. The van der Waals surface area contributed by atoms with Crippen LogP contribution >= 0.6 is 23.2 Å². The number of carbonyl (C=O) groups excluding carboxylic acids is 2. The predicted molar refractivity (Wildman–Crippen MR) is 119 cm³/mol.